The molecule has 0 unspecified atom stereocenters. The molecule has 2 aromatic heterocycles. The number of halogens is 1. The fourth-order valence-electron chi connectivity index (χ4n) is 5.39. The molecule has 0 N–H and O–H groups in total. The van der Waals surface area contributed by atoms with Crippen molar-refractivity contribution in [3.8, 4) is 38.8 Å². The van der Waals surface area contributed by atoms with Gasteiger partial charge in [-0.05, 0) is 91.6 Å². The molecule has 8 nitrogen and oxygen atoms in total. The predicted octanol–water partition coefficient (Wildman–Crippen LogP) is 9.28. The first-order valence-corrected chi connectivity index (χ1v) is 17.8. The third-order valence-corrected chi connectivity index (χ3v) is 9.05. The van der Waals surface area contributed by atoms with E-state index in [1.165, 1.54) is 12.1 Å². The van der Waals surface area contributed by atoms with Crippen molar-refractivity contribution in [2.75, 3.05) is 26.4 Å². The largest absolute Gasteiger partial charge is 0.489 e. The van der Waals surface area contributed by atoms with E-state index in [1.807, 2.05) is 78.9 Å². The van der Waals surface area contributed by atoms with Crippen LogP contribution in [-0.4, -0.2) is 42.6 Å². The molecule has 0 amide bonds. The van der Waals surface area contributed by atoms with Crippen LogP contribution < -0.4 is 15.0 Å². The van der Waals surface area contributed by atoms with E-state index in [-0.39, 0.29) is 24.6 Å². The summed E-state index contributed by atoms with van der Waals surface area (Å²) < 4.78 is 45.1. The van der Waals surface area contributed by atoms with Gasteiger partial charge in [0.2, 0.25) is 0 Å². The van der Waals surface area contributed by atoms with E-state index in [0.717, 1.165) is 43.0 Å². The van der Waals surface area contributed by atoms with Crippen LogP contribution in [0.1, 0.15) is 26.3 Å². The highest BCUT2D eigenvalue weighted by atomic mass is 32.1. The molecule has 0 saturated heterocycles. The first kappa shape index (κ1) is 36.5. The fourth-order valence-corrected chi connectivity index (χ4v) is 6.56. The van der Waals surface area contributed by atoms with Gasteiger partial charge in [0.05, 0.1) is 24.7 Å². The number of carbonyl (C=O) groups is 1. The molecule has 0 fully saturated rings. The van der Waals surface area contributed by atoms with Gasteiger partial charge < -0.3 is 28.3 Å². The summed E-state index contributed by atoms with van der Waals surface area (Å²) in [5.74, 6) is 1.31. The summed E-state index contributed by atoms with van der Waals surface area (Å²) in [5, 5.41) is 0.918. The Morgan fingerprint density at radius 1 is 0.769 bits per heavy atom. The maximum absolute atomic E-state index is 13.8. The number of nitrogens with zero attached hydrogens (tertiary/aromatic N) is 1. The summed E-state index contributed by atoms with van der Waals surface area (Å²) in [6, 6.07) is 33.4. The van der Waals surface area contributed by atoms with Crippen LogP contribution in [0.15, 0.2) is 120 Å². The van der Waals surface area contributed by atoms with Crippen molar-refractivity contribution in [1.29, 1.82) is 0 Å². The highest BCUT2D eigenvalue weighted by Crippen LogP contribution is 2.47. The summed E-state index contributed by atoms with van der Waals surface area (Å²) in [5.41, 5.74) is 2.86. The van der Waals surface area contributed by atoms with Crippen LogP contribution in [0.25, 0.3) is 31.7 Å². The third kappa shape index (κ3) is 9.94. The van der Waals surface area contributed by atoms with Crippen LogP contribution in [0.3, 0.4) is 0 Å². The van der Waals surface area contributed by atoms with Crippen molar-refractivity contribution in [2.24, 2.45) is 0 Å². The average molecular weight is 722 g/mol. The van der Waals surface area contributed by atoms with Gasteiger partial charge in [0, 0.05) is 28.9 Å². The smallest absolute Gasteiger partial charge is 0.332 e. The van der Waals surface area contributed by atoms with Gasteiger partial charge in [0.25, 0.3) is 5.56 Å². The second-order valence-electron chi connectivity index (χ2n) is 13.0. The maximum Gasteiger partial charge on any atom is 0.332 e. The van der Waals surface area contributed by atoms with Crippen LogP contribution in [0.2, 0.25) is 0 Å². The number of fused-ring (bicyclic) bond motifs is 1. The fraction of sp³-hybridized carbons (Fsp3) is 0.238. The van der Waals surface area contributed by atoms with Gasteiger partial charge in [-0.2, -0.15) is 0 Å². The van der Waals surface area contributed by atoms with Gasteiger partial charge >= 0.3 is 5.97 Å². The summed E-state index contributed by atoms with van der Waals surface area (Å²) in [7, 11) is 0. The lowest BCUT2D eigenvalue weighted by Gasteiger charge is -2.19. The van der Waals surface area contributed by atoms with Gasteiger partial charge in [0.1, 0.15) is 36.1 Å². The van der Waals surface area contributed by atoms with Crippen molar-refractivity contribution in [3.63, 3.8) is 0 Å². The van der Waals surface area contributed by atoms with E-state index in [1.54, 1.807) is 61.1 Å². The summed E-state index contributed by atoms with van der Waals surface area (Å²) >= 11 is 1.56. The number of aromatic nitrogens is 1. The van der Waals surface area contributed by atoms with Crippen molar-refractivity contribution in [1.82, 2.24) is 4.57 Å². The van der Waals surface area contributed by atoms with Crippen molar-refractivity contribution in [2.45, 2.75) is 39.5 Å². The molecule has 0 aliphatic carbocycles. The number of hydrogen-bond donors (Lipinski definition) is 0. The van der Waals surface area contributed by atoms with Crippen molar-refractivity contribution >= 4 is 27.4 Å². The Morgan fingerprint density at radius 3 is 2.21 bits per heavy atom. The summed E-state index contributed by atoms with van der Waals surface area (Å²) in [4.78, 5) is 25.5. The van der Waals surface area contributed by atoms with Crippen molar-refractivity contribution in [3.05, 3.63) is 137 Å². The second-order valence-corrected chi connectivity index (χ2v) is 14.1. The van der Waals surface area contributed by atoms with Gasteiger partial charge in [-0.3, -0.25) is 4.79 Å². The Labute approximate surface area is 305 Å². The topological polar surface area (TPSA) is 85.2 Å². The third-order valence-electron chi connectivity index (χ3n) is 7.86. The normalized spacial score (nSPS) is 11.5. The molecule has 52 heavy (non-hydrogen) atoms. The van der Waals surface area contributed by atoms with Gasteiger partial charge in [-0.15, -0.1) is 11.3 Å². The zero-order valence-corrected chi connectivity index (χ0v) is 30.1. The number of rotatable bonds is 15. The Morgan fingerprint density at radius 2 is 1.48 bits per heavy atom. The van der Waals surface area contributed by atoms with E-state index in [2.05, 4.69) is 0 Å². The van der Waals surface area contributed by atoms with Crippen molar-refractivity contribution < 1.29 is 32.9 Å². The van der Waals surface area contributed by atoms with Crippen LogP contribution in [0.4, 0.5) is 4.39 Å². The molecule has 268 valence electrons. The van der Waals surface area contributed by atoms with E-state index in [9.17, 15) is 14.0 Å². The van der Waals surface area contributed by atoms with Gasteiger partial charge in [-0.1, -0.05) is 54.6 Å². The molecule has 6 aromatic rings. The second kappa shape index (κ2) is 16.8. The standard InChI is InChI=1S/C42H40FNO7S/c1-42(2,3)51-39(46)28-48-24-23-47-22-21-44-20-19-32(25-38(44)45)30-11-15-34(16-12-30)50-40-36-18-17-35(49-27-29-7-5-4-6-8-29)26-37(36)52-41(40)31-9-13-33(43)14-10-31/h4-20,25-26H,21-24,27-28H2,1-3H3. The molecule has 2 heterocycles. The number of esters is 1. The molecule has 0 bridgehead atoms. The minimum atomic E-state index is -0.555. The molecule has 0 aliphatic heterocycles. The predicted molar refractivity (Wildman–Crippen MR) is 202 cm³/mol. The number of benzene rings is 4. The Bertz CT molecular complexity index is 2150. The van der Waals surface area contributed by atoms with E-state index < -0.39 is 11.6 Å². The molecule has 0 radical (unpaired) electrons. The van der Waals surface area contributed by atoms with Gasteiger partial charge in [-0.25, -0.2) is 9.18 Å². The number of thiophene rings is 1. The lowest BCUT2D eigenvalue weighted by Crippen LogP contribution is -2.27. The number of hydrogen-bond acceptors (Lipinski definition) is 8. The Hall–Kier alpha value is -5.29. The molecule has 6 rings (SSSR count). The van der Waals surface area contributed by atoms with E-state index >= 15 is 0 Å². The molecule has 4 aromatic carbocycles. The van der Waals surface area contributed by atoms with Crippen LogP contribution in [0, 0.1) is 5.82 Å². The molecule has 10 heteroatoms. The number of ether oxygens (including phenoxy) is 5. The average Bonchev–Trinajstić information content (AvgIpc) is 3.48. The minimum Gasteiger partial charge on any atom is -0.489 e. The Kier molecular flexibility index (Phi) is 11.8. The zero-order valence-electron chi connectivity index (χ0n) is 29.3. The number of carbonyl (C=O) groups excluding carboxylic acids is 1. The zero-order chi connectivity index (χ0) is 36.5. The molecule has 0 atom stereocenters. The summed E-state index contributed by atoms with van der Waals surface area (Å²) in [6.45, 7) is 6.96. The van der Waals surface area contributed by atoms with Crippen LogP contribution in [0.5, 0.6) is 17.2 Å². The summed E-state index contributed by atoms with van der Waals surface area (Å²) in [6.07, 6.45) is 1.74. The monoisotopic (exact) mass is 721 g/mol. The lowest BCUT2D eigenvalue weighted by molar-refractivity contribution is -0.160. The van der Waals surface area contributed by atoms with E-state index in [0.29, 0.717) is 37.9 Å². The molecule has 0 aliphatic rings. The molecule has 0 spiro atoms. The first-order valence-electron chi connectivity index (χ1n) is 17.0. The first-order chi connectivity index (χ1) is 25.1. The molecular formula is C42H40FNO7S. The minimum absolute atomic E-state index is 0.136. The maximum atomic E-state index is 13.8. The Balaban J connectivity index is 1.09. The SMILES string of the molecule is CC(C)(C)OC(=O)COCCOCCn1ccc(-c2ccc(Oc3c(-c4ccc(F)cc4)sc4cc(OCc5ccccc5)ccc34)cc2)cc1=O. The molecular weight excluding hydrogens is 682 g/mol. The highest BCUT2D eigenvalue weighted by molar-refractivity contribution is 7.22. The van der Waals surface area contributed by atoms with Crippen LogP contribution in [-0.2, 0) is 32.2 Å². The van der Waals surface area contributed by atoms with Crippen LogP contribution >= 0.6 is 11.3 Å². The molecule has 0 saturated carbocycles. The van der Waals surface area contributed by atoms with E-state index in [4.69, 9.17) is 23.7 Å². The highest BCUT2D eigenvalue weighted by Gasteiger charge is 2.18. The lowest BCUT2D eigenvalue weighted by atomic mass is 10.1. The van der Waals surface area contributed by atoms with Gasteiger partial charge in [0.15, 0.2) is 5.75 Å². The number of pyridine rings is 1. The quantitative estimate of drug-likeness (QED) is 0.0772.